The van der Waals surface area contributed by atoms with Gasteiger partial charge >= 0.3 is 6.18 Å². The lowest BCUT2D eigenvalue weighted by Crippen LogP contribution is -2.39. The fourth-order valence-corrected chi connectivity index (χ4v) is 2.62. The van der Waals surface area contributed by atoms with Crippen molar-refractivity contribution in [1.29, 1.82) is 0 Å². The molecule has 2 rings (SSSR count). The predicted molar refractivity (Wildman–Crippen MR) is 76.2 cm³/mol. The van der Waals surface area contributed by atoms with Crippen LogP contribution < -0.4 is 5.32 Å². The van der Waals surface area contributed by atoms with Crippen LogP contribution in [0.5, 0.6) is 0 Å². The Kier molecular flexibility index (Phi) is 5.45. The van der Waals surface area contributed by atoms with Crippen molar-refractivity contribution >= 4 is 5.91 Å². The monoisotopic (exact) mass is 315 g/mol. The predicted octanol–water partition coefficient (Wildman–Crippen LogP) is 3.00. The Bertz CT molecular complexity index is 486. The third kappa shape index (κ3) is 4.73. The summed E-state index contributed by atoms with van der Waals surface area (Å²) in [6.45, 7) is -0.0805. The molecule has 122 valence electrons. The third-order valence-electron chi connectivity index (χ3n) is 3.96. The first kappa shape index (κ1) is 16.8. The van der Waals surface area contributed by atoms with Crippen molar-refractivity contribution < 1.29 is 23.1 Å². The Balaban J connectivity index is 2.02. The van der Waals surface area contributed by atoms with E-state index in [0.717, 1.165) is 12.8 Å². The average Bonchev–Trinajstić information content (AvgIpc) is 3.28. The highest BCUT2D eigenvalue weighted by molar-refractivity contribution is 5.77. The van der Waals surface area contributed by atoms with Gasteiger partial charge in [-0.3, -0.25) is 4.79 Å². The van der Waals surface area contributed by atoms with E-state index in [9.17, 15) is 18.0 Å². The maximum atomic E-state index is 13.2. The second-order valence-corrected chi connectivity index (χ2v) is 5.73. The fraction of sp³-hybridized carbons (Fsp3) is 0.562. The van der Waals surface area contributed by atoms with Crippen LogP contribution in [0.15, 0.2) is 30.3 Å². The summed E-state index contributed by atoms with van der Waals surface area (Å²) in [5.41, 5.74) is 0.0929. The van der Waals surface area contributed by atoms with Gasteiger partial charge in [0.25, 0.3) is 0 Å². The SMILES string of the molecule is O=C(CC(c1ccccc1)C(F)(F)F)NC(CCO)C1CC1. The van der Waals surface area contributed by atoms with E-state index in [1.54, 1.807) is 6.07 Å². The first-order valence-corrected chi connectivity index (χ1v) is 7.43. The molecule has 0 aliphatic heterocycles. The van der Waals surface area contributed by atoms with E-state index in [4.69, 9.17) is 5.11 Å². The van der Waals surface area contributed by atoms with E-state index in [-0.39, 0.29) is 24.1 Å². The topological polar surface area (TPSA) is 49.3 Å². The van der Waals surface area contributed by atoms with Crippen molar-refractivity contribution in [1.82, 2.24) is 5.32 Å². The molecule has 0 radical (unpaired) electrons. The van der Waals surface area contributed by atoms with Crippen LogP contribution in [0.2, 0.25) is 0 Å². The van der Waals surface area contributed by atoms with Crippen molar-refractivity contribution in [2.75, 3.05) is 6.61 Å². The van der Waals surface area contributed by atoms with Gasteiger partial charge in [0, 0.05) is 19.1 Å². The molecule has 0 bridgehead atoms. The molecule has 1 aliphatic rings. The number of carbonyl (C=O) groups is 1. The first-order chi connectivity index (χ1) is 10.4. The molecule has 0 heterocycles. The molecular weight excluding hydrogens is 295 g/mol. The summed E-state index contributed by atoms with van der Waals surface area (Å²) in [7, 11) is 0. The van der Waals surface area contributed by atoms with Crippen molar-refractivity contribution in [2.45, 2.75) is 43.8 Å². The lowest BCUT2D eigenvalue weighted by Gasteiger charge is -2.22. The average molecular weight is 315 g/mol. The van der Waals surface area contributed by atoms with Crippen molar-refractivity contribution in [3.05, 3.63) is 35.9 Å². The van der Waals surface area contributed by atoms with Crippen LogP contribution in [0.3, 0.4) is 0 Å². The van der Waals surface area contributed by atoms with Gasteiger partial charge in [0.05, 0.1) is 5.92 Å². The summed E-state index contributed by atoms with van der Waals surface area (Å²) in [6, 6.07) is 7.26. The van der Waals surface area contributed by atoms with E-state index in [1.807, 2.05) is 0 Å². The molecule has 2 unspecified atom stereocenters. The number of amides is 1. The maximum absolute atomic E-state index is 13.2. The maximum Gasteiger partial charge on any atom is 0.396 e. The highest BCUT2D eigenvalue weighted by Gasteiger charge is 2.42. The highest BCUT2D eigenvalue weighted by atomic mass is 19.4. The van der Waals surface area contributed by atoms with E-state index in [2.05, 4.69) is 5.32 Å². The van der Waals surface area contributed by atoms with Crippen molar-refractivity contribution in [2.24, 2.45) is 5.92 Å². The lowest BCUT2D eigenvalue weighted by atomic mass is 9.94. The minimum Gasteiger partial charge on any atom is -0.396 e. The molecule has 1 aliphatic carbocycles. The summed E-state index contributed by atoms with van der Waals surface area (Å²) in [6.07, 6.45) is -2.80. The number of aliphatic hydroxyl groups excluding tert-OH is 1. The number of rotatable bonds is 7. The molecule has 2 N–H and O–H groups in total. The zero-order valence-electron chi connectivity index (χ0n) is 12.1. The molecule has 3 nitrogen and oxygen atoms in total. The van der Waals surface area contributed by atoms with E-state index < -0.39 is 24.4 Å². The number of benzene rings is 1. The van der Waals surface area contributed by atoms with Crippen LogP contribution in [0, 0.1) is 5.92 Å². The van der Waals surface area contributed by atoms with Crippen molar-refractivity contribution in [3.63, 3.8) is 0 Å². The minimum absolute atomic E-state index is 0.0805. The van der Waals surface area contributed by atoms with Crippen molar-refractivity contribution in [3.8, 4) is 0 Å². The van der Waals surface area contributed by atoms with Gasteiger partial charge in [0.2, 0.25) is 5.91 Å². The van der Waals surface area contributed by atoms with Gasteiger partial charge in [-0.15, -0.1) is 0 Å². The fourth-order valence-electron chi connectivity index (χ4n) is 2.62. The Morgan fingerprint density at radius 3 is 2.41 bits per heavy atom. The second kappa shape index (κ2) is 7.13. The highest BCUT2D eigenvalue weighted by Crippen LogP contribution is 2.38. The quantitative estimate of drug-likeness (QED) is 0.812. The van der Waals surface area contributed by atoms with Crippen LogP contribution in [-0.2, 0) is 4.79 Å². The number of hydrogen-bond acceptors (Lipinski definition) is 2. The number of carbonyl (C=O) groups excluding carboxylic acids is 1. The van der Waals surface area contributed by atoms with Crippen LogP contribution in [0.4, 0.5) is 13.2 Å². The number of nitrogens with one attached hydrogen (secondary N) is 1. The number of hydrogen-bond donors (Lipinski definition) is 2. The summed E-state index contributed by atoms with van der Waals surface area (Å²) < 4.78 is 39.6. The molecule has 0 saturated heterocycles. The molecule has 0 spiro atoms. The van der Waals surface area contributed by atoms with Gasteiger partial charge in [-0.2, -0.15) is 13.2 Å². The van der Waals surface area contributed by atoms with Crippen LogP contribution in [0.1, 0.15) is 37.2 Å². The van der Waals surface area contributed by atoms with Gasteiger partial charge in [-0.1, -0.05) is 30.3 Å². The Labute approximate surface area is 127 Å². The molecule has 1 aromatic rings. The van der Waals surface area contributed by atoms with Gasteiger partial charge in [-0.25, -0.2) is 0 Å². The Hall–Kier alpha value is -1.56. The lowest BCUT2D eigenvalue weighted by molar-refractivity contribution is -0.157. The van der Waals surface area contributed by atoms with E-state index in [1.165, 1.54) is 24.3 Å². The van der Waals surface area contributed by atoms with E-state index in [0.29, 0.717) is 6.42 Å². The normalized spacial score (nSPS) is 17.8. The Morgan fingerprint density at radius 2 is 1.91 bits per heavy atom. The van der Waals surface area contributed by atoms with Crippen LogP contribution in [-0.4, -0.2) is 29.8 Å². The Morgan fingerprint density at radius 1 is 1.27 bits per heavy atom. The molecular formula is C16H20F3NO2. The number of aliphatic hydroxyl groups is 1. The van der Waals surface area contributed by atoms with E-state index >= 15 is 0 Å². The third-order valence-corrected chi connectivity index (χ3v) is 3.96. The molecule has 1 aromatic carbocycles. The summed E-state index contributed by atoms with van der Waals surface area (Å²) >= 11 is 0. The molecule has 22 heavy (non-hydrogen) atoms. The van der Waals surface area contributed by atoms with Gasteiger partial charge in [0.1, 0.15) is 0 Å². The van der Waals surface area contributed by atoms with Gasteiger partial charge in [0.15, 0.2) is 0 Å². The van der Waals surface area contributed by atoms with Gasteiger partial charge < -0.3 is 10.4 Å². The minimum atomic E-state index is -4.47. The number of halogens is 3. The summed E-state index contributed by atoms with van der Waals surface area (Å²) in [4.78, 5) is 12.0. The molecule has 1 fully saturated rings. The zero-order chi connectivity index (χ0) is 16.2. The summed E-state index contributed by atoms with van der Waals surface area (Å²) in [5.74, 6) is -2.13. The number of alkyl halides is 3. The molecule has 6 heteroatoms. The standard InChI is InChI=1S/C16H20F3NO2/c17-16(18,19)13(11-4-2-1-3-5-11)10-15(22)20-14(8-9-21)12-6-7-12/h1-5,12-14,21H,6-10H2,(H,20,22). The molecule has 1 saturated carbocycles. The molecule has 0 aromatic heterocycles. The smallest absolute Gasteiger partial charge is 0.396 e. The molecule has 2 atom stereocenters. The second-order valence-electron chi connectivity index (χ2n) is 5.73. The first-order valence-electron chi connectivity index (χ1n) is 7.43. The summed E-state index contributed by atoms with van der Waals surface area (Å²) in [5, 5.41) is 11.6. The zero-order valence-corrected chi connectivity index (χ0v) is 12.1. The molecule has 1 amide bonds. The largest absolute Gasteiger partial charge is 0.396 e. The van der Waals surface area contributed by atoms with Gasteiger partial charge in [-0.05, 0) is 30.7 Å². The van der Waals surface area contributed by atoms with Crippen LogP contribution in [0.25, 0.3) is 0 Å². The van der Waals surface area contributed by atoms with Crippen LogP contribution >= 0.6 is 0 Å².